The number of hydrogen-bond donors (Lipinski definition) is 3. The predicted molar refractivity (Wildman–Crippen MR) is 114 cm³/mol. The number of hydrogen-bond acceptors (Lipinski definition) is 5. The number of carbonyl (C=O) groups excluding carboxylic acids is 1. The number of nitrogens with one attached hydrogen (secondary N) is 2. The molecule has 8 heteroatoms. The van der Waals surface area contributed by atoms with Gasteiger partial charge in [0.1, 0.15) is 23.1 Å². The molecule has 6 nitrogen and oxygen atoms in total. The summed E-state index contributed by atoms with van der Waals surface area (Å²) in [4.78, 5) is 16.0. The second-order valence-corrected chi connectivity index (χ2v) is 6.71. The Kier molecular flexibility index (Phi) is 6.36. The number of thiocarbonyl (C=S) groups is 1. The van der Waals surface area contributed by atoms with E-state index in [-0.39, 0.29) is 23.3 Å². The zero-order valence-corrected chi connectivity index (χ0v) is 16.4. The lowest BCUT2D eigenvalue weighted by molar-refractivity contribution is -0.119. The van der Waals surface area contributed by atoms with E-state index in [9.17, 15) is 9.18 Å². The van der Waals surface area contributed by atoms with E-state index in [1.807, 2.05) is 13.0 Å². The van der Waals surface area contributed by atoms with Crippen molar-refractivity contribution in [3.05, 3.63) is 77.7 Å². The zero-order chi connectivity index (χ0) is 20.8. The van der Waals surface area contributed by atoms with Gasteiger partial charge in [-0.25, -0.2) is 9.37 Å². The van der Waals surface area contributed by atoms with E-state index in [1.165, 1.54) is 12.1 Å². The normalized spacial score (nSPS) is 10.3. The van der Waals surface area contributed by atoms with Crippen molar-refractivity contribution in [2.24, 2.45) is 0 Å². The van der Waals surface area contributed by atoms with Gasteiger partial charge in [0.2, 0.25) is 5.91 Å². The minimum absolute atomic E-state index is 0.100. The Balaban J connectivity index is 1.56. The Morgan fingerprint density at radius 2 is 1.93 bits per heavy atom. The van der Waals surface area contributed by atoms with Crippen LogP contribution in [0.25, 0.3) is 0 Å². The summed E-state index contributed by atoms with van der Waals surface area (Å²) in [6, 6.07) is 14.5. The van der Waals surface area contributed by atoms with Gasteiger partial charge < -0.3 is 21.1 Å². The molecule has 0 spiro atoms. The molecule has 0 saturated carbocycles. The lowest BCUT2D eigenvalue weighted by Gasteiger charge is -2.13. The number of amides is 1. The first-order chi connectivity index (χ1) is 13.9. The molecule has 0 atom stereocenters. The number of aryl methyl sites for hydroxylation is 1. The van der Waals surface area contributed by atoms with E-state index in [0.717, 1.165) is 5.56 Å². The van der Waals surface area contributed by atoms with E-state index in [0.29, 0.717) is 28.6 Å². The summed E-state index contributed by atoms with van der Waals surface area (Å²) in [6.45, 7) is 1.89. The van der Waals surface area contributed by atoms with Gasteiger partial charge in [-0.15, -0.1) is 0 Å². The Bertz CT molecular complexity index is 1040. The number of ether oxygens (including phenoxy) is 1. The van der Waals surface area contributed by atoms with Gasteiger partial charge in [0, 0.05) is 18.0 Å². The summed E-state index contributed by atoms with van der Waals surface area (Å²) < 4.78 is 18.7. The van der Waals surface area contributed by atoms with E-state index in [1.54, 1.807) is 42.6 Å². The van der Waals surface area contributed by atoms with E-state index >= 15 is 0 Å². The maximum absolute atomic E-state index is 12.9. The second-order valence-electron chi connectivity index (χ2n) is 6.30. The molecule has 0 bridgehead atoms. The quantitative estimate of drug-likeness (QED) is 0.552. The van der Waals surface area contributed by atoms with Crippen LogP contribution >= 0.6 is 12.2 Å². The van der Waals surface area contributed by atoms with E-state index in [2.05, 4.69) is 15.6 Å². The van der Waals surface area contributed by atoms with Crippen LogP contribution in [0, 0.1) is 12.7 Å². The second kappa shape index (κ2) is 9.11. The molecule has 3 aromatic rings. The average Bonchev–Trinajstić information content (AvgIpc) is 2.66. The summed E-state index contributed by atoms with van der Waals surface area (Å²) in [6.07, 6.45) is 1.67. The van der Waals surface area contributed by atoms with Crippen molar-refractivity contribution in [2.75, 3.05) is 11.1 Å². The van der Waals surface area contributed by atoms with Gasteiger partial charge in [-0.05, 0) is 66.7 Å². The first-order valence-electron chi connectivity index (χ1n) is 8.74. The third-order valence-corrected chi connectivity index (χ3v) is 4.15. The van der Waals surface area contributed by atoms with Crippen LogP contribution in [-0.4, -0.2) is 16.0 Å². The summed E-state index contributed by atoms with van der Waals surface area (Å²) in [5.41, 5.74) is 7.92. The lowest BCUT2D eigenvalue weighted by Crippen LogP contribution is -2.35. The van der Waals surface area contributed by atoms with Crippen LogP contribution < -0.4 is 21.1 Å². The molecule has 0 saturated heterocycles. The number of pyridine rings is 1. The molecule has 0 aliphatic carbocycles. The summed E-state index contributed by atoms with van der Waals surface area (Å²) in [5.74, 6) is 0.986. The number of carbonyl (C=O) groups is 1. The molecule has 148 valence electrons. The minimum Gasteiger partial charge on any atom is -0.457 e. The van der Waals surface area contributed by atoms with Gasteiger partial charge in [0.05, 0.1) is 6.42 Å². The molecule has 1 amide bonds. The molecule has 2 aromatic carbocycles. The number of benzene rings is 2. The van der Waals surface area contributed by atoms with Crippen molar-refractivity contribution in [1.82, 2.24) is 10.3 Å². The topological polar surface area (TPSA) is 89.3 Å². The van der Waals surface area contributed by atoms with Crippen LogP contribution in [-0.2, 0) is 11.2 Å². The van der Waals surface area contributed by atoms with Crippen molar-refractivity contribution in [3.8, 4) is 11.5 Å². The highest BCUT2D eigenvalue weighted by atomic mass is 32.1. The molecule has 1 aromatic heterocycles. The van der Waals surface area contributed by atoms with Crippen molar-refractivity contribution < 1.29 is 13.9 Å². The largest absolute Gasteiger partial charge is 0.457 e. The summed E-state index contributed by atoms with van der Waals surface area (Å²) in [5, 5.41) is 5.74. The Labute approximate surface area is 172 Å². The smallest absolute Gasteiger partial charge is 0.230 e. The highest BCUT2D eigenvalue weighted by Gasteiger charge is 2.08. The standard InChI is InChI=1S/C21H19FN4O2S/c1-13-10-16(6-7-18(13)28-17-8-9-24-19(23)12-17)25-21(29)26-20(27)11-14-2-4-15(22)5-3-14/h2-10,12H,11H2,1H3,(H2,23,24)(H2,25,26,27,29). The molecule has 1 heterocycles. The van der Waals surface area contributed by atoms with Gasteiger partial charge >= 0.3 is 0 Å². The molecule has 29 heavy (non-hydrogen) atoms. The average molecular weight is 410 g/mol. The van der Waals surface area contributed by atoms with Gasteiger partial charge in [0.15, 0.2) is 5.11 Å². The zero-order valence-electron chi connectivity index (χ0n) is 15.6. The summed E-state index contributed by atoms with van der Waals surface area (Å²) >= 11 is 5.19. The maximum Gasteiger partial charge on any atom is 0.230 e. The number of nitrogens with zero attached hydrogens (tertiary/aromatic N) is 1. The Morgan fingerprint density at radius 3 is 2.62 bits per heavy atom. The summed E-state index contributed by atoms with van der Waals surface area (Å²) in [7, 11) is 0. The van der Waals surface area contributed by atoms with Crippen LogP contribution in [0.3, 0.4) is 0 Å². The van der Waals surface area contributed by atoms with E-state index < -0.39 is 0 Å². The molecule has 0 radical (unpaired) electrons. The molecule has 0 fully saturated rings. The van der Waals surface area contributed by atoms with Crippen LogP contribution in [0.1, 0.15) is 11.1 Å². The van der Waals surface area contributed by atoms with E-state index in [4.69, 9.17) is 22.7 Å². The predicted octanol–water partition coefficient (Wildman–Crippen LogP) is 3.96. The third-order valence-electron chi connectivity index (χ3n) is 3.94. The fraction of sp³-hybridized carbons (Fsp3) is 0.0952. The molecule has 4 N–H and O–H groups in total. The lowest BCUT2D eigenvalue weighted by atomic mass is 10.1. The van der Waals surface area contributed by atoms with Crippen molar-refractivity contribution in [2.45, 2.75) is 13.3 Å². The Hall–Kier alpha value is -3.52. The molecule has 0 unspecified atom stereocenters. The monoisotopic (exact) mass is 410 g/mol. The minimum atomic E-state index is -0.346. The molecule has 0 aliphatic rings. The number of halogens is 1. The van der Waals surface area contributed by atoms with Gasteiger partial charge in [-0.3, -0.25) is 4.79 Å². The van der Waals surface area contributed by atoms with Crippen molar-refractivity contribution in [1.29, 1.82) is 0 Å². The van der Waals surface area contributed by atoms with Gasteiger partial charge in [0.25, 0.3) is 0 Å². The van der Waals surface area contributed by atoms with Crippen molar-refractivity contribution >= 4 is 34.7 Å². The highest BCUT2D eigenvalue weighted by Crippen LogP contribution is 2.27. The highest BCUT2D eigenvalue weighted by molar-refractivity contribution is 7.80. The van der Waals surface area contributed by atoms with Gasteiger partial charge in [-0.2, -0.15) is 0 Å². The SMILES string of the molecule is Cc1cc(NC(=S)NC(=O)Cc2ccc(F)cc2)ccc1Oc1ccnc(N)c1. The molecular formula is C21H19FN4O2S. The van der Waals surface area contributed by atoms with Crippen LogP contribution in [0.5, 0.6) is 11.5 Å². The van der Waals surface area contributed by atoms with Crippen LogP contribution in [0.4, 0.5) is 15.9 Å². The molecule has 3 rings (SSSR count). The number of rotatable bonds is 5. The first kappa shape index (κ1) is 20.2. The fourth-order valence-corrected chi connectivity index (χ4v) is 2.81. The number of anilines is 2. The van der Waals surface area contributed by atoms with Crippen LogP contribution in [0.15, 0.2) is 60.8 Å². The third kappa shape index (κ3) is 5.98. The number of aromatic nitrogens is 1. The Morgan fingerprint density at radius 1 is 1.17 bits per heavy atom. The molecular weight excluding hydrogens is 391 g/mol. The maximum atomic E-state index is 12.9. The molecule has 0 aliphatic heterocycles. The van der Waals surface area contributed by atoms with Gasteiger partial charge in [-0.1, -0.05) is 12.1 Å². The fourth-order valence-electron chi connectivity index (χ4n) is 2.58. The number of nitrogen functional groups attached to an aromatic ring is 1. The number of nitrogens with two attached hydrogens (primary N) is 1. The van der Waals surface area contributed by atoms with Crippen LogP contribution in [0.2, 0.25) is 0 Å². The van der Waals surface area contributed by atoms with Crippen molar-refractivity contribution in [3.63, 3.8) is 0 Å². The first-order valence-corrected chi connectivity index (χ1v) is 9.15.